The number of benzene rings is 1. The fraction of sp³-hybridized carbons (Fsp3) is 0.125. The number of rotatable bonds is 1. The summed E-state index contributed by atoms with van der Waals surface area (Å²) in [5.74, 6) is 0.850. The van der Waals surface area contributed by atoms with E-state index in [2.05, 4.69) is 21.7 Å². The van der Waals surface area contributed by atoms with Gasteiger partial charge in [0.1, 0.15) is 0 Å². The van der Waals surface area contributed by atoms with Crippen molar-refractivity contribution in [2.75, 3.05) is 0 Å². The molecule has 4 heteroatoms. The van der Waals surface area contributed by atoms with Gasteiger partial charge in [0.05, 0.1) is 4.37 Å². The molecular weight excluding hydrogens is 188 g/mol. The van der Waals surface area contributed by atoms with E-state index in [-0.39, 0.29) is 0 Å². The molecule has 0 aliphatic rings. The minimum Gasteiger partial charge on any atom is -0.112 e. The molecule has 12 heavy (non-hydrogen) atoms. The third kappa shape index (κ3) is 1.35. The predicted octanol–water partition coefficient (Wildman–Crippen LogP) is 2.86. The largest absolute Gasteiger partial charge is 0.462 e. The third-order valence-electron chi connectivity index (χ3n) is 1.67. The van der Waals surface area contributed by atoms with E-state index in [1.165, 1.54) is 26.6 Å². The lowest BCUT2D eigenvalue weighted by atomic mass is 10.1. The summed E-state index contributed by atoms with van der Waals surface area (Å²) >= 11 is 0. The first kappa shape index (κ1) is 7.76. The molecule has 0 aliphatic heterocycles. The van der Waals surface area contributed by atoms with Crippen LogP contribution < -0.4 is 0 Å². The van der Waals surface area contributed by atoms with Crippen LogP contribution in [0.4, 0.5) is 0 Å². The van der Waals surface area contributed by atoms with Gasteiger partial charge in [-0.25, -0.2) is 0 Å². The van der Waals surface area contributed by atoms with Crippen LogP contribution in [0, 0.1) is 6.92 Å². The number of aromatic nitrogens is 2. The Morgan fingerprint density at radius 1 is 1.33 bits per heavy atom. The minimum atomic E-state index is 0.850. The second kappa shape index (κ2) is 3.25. The van der Waals surface area contributed by atoms with Crippen molar-refractivity contribution in [1.82, 2.24) is 8.75 Å². The average Bonchev–Trinajstić information content (AvgIpc) is 2.57. The molecule has 0 N–H and O–H groups in total. The molecule has 0 bridgehead atoms. The summed E-state index contributed by atoms with van der Waals surface area (Å²) in [6, 6.07) is 8.15. The highest BCUT2D eigenvalue weighted by molar-refractivity contribution is 7.64. The van der Waals surface area contributed by atoms with E-state index >= 15 is 0 Å². The molecule has 0 unspecified atom stereocenters. The van der Waals surface area contributed by atoms with Gasteiger partial charge < -0.3 is 0 Å². The highest BCUT2D eigenvalue weighted by atomic mass is 32.9. The van der Waals surface area contributed by atoms with Crippen LogP contribution in [0.2, 0.25) is 0 Å². The maximum absolute atomic E-state index is 4.20. The Morgan fingerprint density at radius 2 is 2.17 bits per heavy atom. The first-order valence-corrected chi connectivity index (χ1v) is 5.62. The van der Waals surface area contributed by atoms with Gasteiger partial charge in [-0.3, -0.25) is 0 Å². The van der Waals surface area contributed by atoms with E-state index in [0.29, 0.717) is 0 Å². The smallest absolute Gasteiger partial charge is 0.112 e. The number of nitrogens with zero attached hydrogens (tertiary/aromatic N) is 2. The molecule has 2 aromatic rings. The lowest BCUT2D eigenvalue weighted by molar-refractivity contribution is 1.35. The van der Waals surface area contributed by atoms with Gasteiger partial charge in [-0.2, -0.15) is 0 Å². The molecular formula is C8H7N2S2+. The summed E-state index contributed by atoms with van der Waals surface area (Å²) in [5, 5.41) is 0. The monoisotopic (exact) mass is 195 g/mol. The molecule has 0 amide bonds. The number of hydrogen-bond donors (Lipinski definition) is 0. The summed E-state index contributed by atoms with van der Waals surface area (Å²) in [6.07, 6.45) is 0. The maximum atomic E-state index is 4.20. The minimum absolute atomic E-state index is 0.850. The van der Waals surface area contributed by atoms with Gasteiger partial charge in [-0.15, -0.1) is 4.37 Å². The van der Waals surface area contributed by atoms with E-state index < -0.39 is 0 Å². The summed E-state index contributed by atoms with van der Waals surface area (Å²) in [6.45, 7) is 2.07. The maximum Gasteiger partial charge on any atom is 0.462 e. The van der Waals surface area contributed by atoms with Crippen molar-refractivity contribution in [2.45, 2.75) is 6.92 Å². The first-order chi connectivity index (χ1) is 5.88. The number of hydrogen-bond acceptors (Lipinski definition) is 3. The average molecular weight is 195 g/mol. The van der Waals surface area contributed by atoms with Crippen molar-refractivity contribution in [3.8, 4) is 11.4 Å². The standard InChI is InChI=1S/C8H7N2S2/c1-6-4-2-3-5-7(6)8-9-11-12-10-8/h2-5H,1H3/q+1. The zero-order chi connectivity index (χ0) is 8.39. The predicted molar refractivity (Wildman–Crippen MR) is 52.4 cm³/mol. The van der Waals surface area contributed by atoms with Crippen LogP contribution >= 0.6 is 21.1 Å². The Kier molecular flexibility index (Phi) is 2.10. The summed E-state index contributed by atoms with van der Waals surface area (Å²) in [7, 11) is 2.85. The Bertz CT molecular complexity index is 370. The van der Waals surface area contributed by atoms with Crippen LogP contribution in [0.25, 0.3) is 11.4 Å². The van der Waals surface area contributed by atoms with Crippen LogP contribution in [0.3, 0.4) is 0 Å². The summed E-state index contributed by atoms with van der Waals surface area (Å²) in [5.41, 5.74) is 2.36. The van der Waals surface area contributed by atoms with E-state index in [1.54, 1.807) is 0 Å². The van der Waals surface area contributed by atoms with Gasteiger partial charge in [-0.1, -0.05) is 24.3 Å². The Morgan fingerprint density at radius 3 is 2.83 bits per heavy atom. The van der Waals surface area contributed by atoms with Gasteiger partial charge in [0.25, 0.3) is 0 Å². The van der Waals surface area contributed by atoms with Gasteiger partial charge in [-0.05, 0) is 12.5 Å². The van der Waals surface area contributed by atoms with Crippen LogP contribution in [-0.4, -0.2) is 8.75 Å². The fourth-order valence-electron chi connectivity index (χ4n) is 1.04. The van der Waals surface area contributed by atoms with Crippen LogP contribution in [0.1, 0.15) is 5.56 Å². The van der Waals surface area contributed by atoms with Crippen LogP contribution in [0.5, 0.6) is 0 Å². The zero-order valence-electron chi connectivity index (χ0n) is 6.52. The lowest BCUT2D eigenvalue weighted by Crippen LogP contribution is -1.82. The second-order valence-corrected chi connectivity index (χ2v) is 4.03. The summed E-state index contributed by atoms with van der Waals surface area (Å²) in [4.78, 5) is 0. The molecule has 60 valence electrons. The highest BCUT2D eigenvalue weighted by Gasteiger charge is 2.10. The molecule has 1 heterocycles. The van der Waals surface area contributed by atoms with Gasteiger partial charge in [0, 0.05) is 5.56 Å². The highest BCUT2D eigenvalue weighted by Crippen LogP contribution is 2.20. The molecule has 2 rings (SSSR count). The van der Waals surface area contributed by atoms with Crippen molar-refractivity contribution in [3.63, 3.8) is 0 Å². The van der Waals surface area contributed by atoms with E-state index in [9.17, 15) is 0 Å². The third-order valence-corrected chi connectivity index (χ3v) is 2.88. The topological polar surface area (TPSA) is 25.8 Å². The van der Waals surface area contributed by atoms with Gasteiger partial charge >= 0.3 is 21.1 Å². The molecule has 1 aromatic heterocycles. The van der Waals surface area contributed by atoms with Gasteiger partial charge in [0.15, 0.2) is 0 Å². The summed E-state index contributed by atoms with van der Waals surface area (Å²) < 4.78 is 8.39. The molecule has 0 aliphatic carbocycles. The van der Waals surface area contributed by atoms with Crippen molar-refractivity contribution in [3.05, 3.63) is 29.8 Å². The molecule has 0 radical (unpaired) electrons. The Hall–Kier alpha value is -0.870. The molecule has 0 spiro atoms. The van der Waals surface area contributed by atoms with Crippen LogP contribution in [0.15, 0.2) is 24.3 Å². The Labute approximate surface area is 78.2 Å². The Balaban J connectivity index is 2.55. The van der Waals surface area contributed by atoms with Crippen LogP contribution in [-0.2, 0) is 0 Å². The molecule has 0 fully saturated rings. The molecule has 0 atom stereocenters. The number of aryl methyl sites for hydroxylation is 1. The van der Waals surface area contributed by atoms with Crippen molar-refractivity contribution < 1.29 is 0 Å². The second-order valence-electron chi connectivity index (χ2n) is 2.47. The lowest BCUT2D eigenvalue weighted by Gasteiger charge is -1.96. The molecule has 0 saturated heterocycles. The van der Waals surface area contributed by atoms with Gasteiger partial charge in [0.2, 0.25) is 5.82 Å². The van der Waals surface area contributed by atoms with Crippen molar-refractivity contribution in [1.29, 1.82) is 0 Å². The zero-order valence-corrected chi connectivity index (χ0v) is 8.15. The van der Waals surface area contributed by atoms with E-state index in [1.807, 2.05) is 18.2 Å². The van der Waals surface area contributed by atoms with E-state index in [4.69, 9.17) is 0 Å². The first-order valence-electron chi connectivity index (χ1n) is 3.56. The molecule has 2 nitrogen and oxygen atoms in total. The van der Waals surface area contributed by atoms with Crippen molar-refractivity contribution >= 4 is 21.1 Å². The molecule has 1 aromatic carbocycles. The van der Waals surface area contributed by atoms with E-state index in [0.717, 1.165) is 11.4 Å². The fourth-order valence-corrected chi connectivity index (χ4v) is 2.20. The normalized spacial score (nSPS) is 10.1. The quantitative estimate of drug-likeness (QED) is 0.516. The molecule has 0 saturated carbocycles. The SMILES string of the molecule is Cc1ccccc1-c1ns[s+]n1. The van der Waals surface area contributed by atoms with Crippen molar-refractivity contribution in [2.24, 2.45) is 0 Å².